The number of ether oxygens (including phenoxy) is 1. The molecular formula is C13H22O4. The molecule has 4 nitrogen and oxygen atoms in total. The number of carboxylic acid groups (broad SMARTS) is 1. The molecular weight excluding hydrogens is 220 g/mol. The molecule has 0 spiro atoms. The van der Waals surface area contributed by atoms with Crippen molar-refractivity contribution in [1.29, 1.82) is 0 Å². The maximum Gasteiger partial charge on any atom is 0.306 e. The molecule has 0 amide bonds. The number of carboxylic acids is 1. The minimum absolute atomic E-state index is 0.0931. The van der Waals surface area contributed by atoms with E-state index in [4.69, 9.17) is 9.84 Å². The van der Waals surface area contributed by atoms with Crippen LogP contribution in [0, 0.1) is 5.41 Å². The normalized spacial score (nSPS) is 17.9. The van der Waals surface area contributed by atoms with Gasteiger partial charge in [-0.2, -0.15) is 0 Å². The number of rotatable bonds is 7. The molecule has 1 fully saturated rings. The summed E-state index contributed by atoms with van der Waals surface area (Å²) in [5.74, 6) is -1.05. The molecule has 0 radical (unpaired) electrons. The van der Waals surface area contributed by atoms with Gasteiger partial charge in [0, 0.05) is 0 Å². The van der Waals surface area contributed by atoms with Gasteiger partial charge in [-0.1, -0.05) is 26.2 Å². The summed E-state index contributed by atoms with van der Waals surface area (Å²) in [5, 5.41) is 8.91. The van der Waals surface area contributed by atoms with Crippen molar-refractivity contribution in [3.63, 3.8) is 0 Å². The van der Waals surface area contributed by atoms with Gasteiger partial charge in [-0.25, -0.2) is 0 Å². The topological polar surface area (TPSA) is 63.6 Å². The Balaban J connectivity index is 2.43. The summed E-state index contributed by atoms with van der Waals surface area (Å²) in [6.07, 6.45) is 5.94. The molecule has 0 unspecified atom stereocenters. The van der Waals surface area contributed by atoms with Crippen molar-refractivity contribution in [2.75, 3.05) is 6.61 Å². The van der Waals surface area contributed by atoms with Crippen molar-refractivity contribution in [2.45, 2.75) is 58.3 Å². The molecule has 0 atom stereocenters. The second-order valence-electron chi connectivity index (χ2n) is 5.03. The molecule has 0 heterocycles. The van der Waals surface area contributed by atoms with Gasteiger partial charge in [-0.3, -0.25) is 9.59 Å². The van der Waals surface area contributed by atoms with E-state index in [0.717, 1.165) is 38.5 Å². The van der Waals surface area contributed by atoms with Crippen LogP contribution in [0.15, 0.2) is 0 Å². The lowest BCUT2D eigenvalue weighted by molar-refractivity contribution is -0.148. The van der Waals surface area contributed by atoms with Crippen molar-refractivity contribution in [3.8, 4) is 0 Å². The fourth-order valence-corrected chi connectivity index (χ4v) is 2.55. The molecule has 1 aliphatic rings. The van der Waals surface area contributed by atoms with Crippen LogP contribution in [0.2, 0.25) is 0 Å². The van der Waals surface area contributed by atoms with Crippen LogP contribution in [0.3, 0.4) is 0 Å². The third-order valence-corrected chi connectivity index (χ3v) is 3.47. The first-order valence-electron chi connectivity index (χ1n) is 6.45. The Labute approximate surface area is 102 Å². The van der Waals surface area contributed by atoms with Gasteiger partial charge in [0.1, 0.15) is 0 Å². The second kappa shape index (κ2) is 6.62. The maximum absolute atomic E-state index is 11.6. The standard InChI is InChI=1S/C13H22O4/c1-2-3-8-17-12(16)10-13(9-11(14)15)6-4-5-7-13/h2-10H2,1H3,(H,14,15). The number of carbonyl (C=O) groups is 2. The summed E-state index contributed by atoms with van der Waals surface area (Å²) < 4.78 is 5.12. The zero-order valence-electron chi connectivity index (χ0n) is 10.5. The molecule has 1 rings (SSSR count). The molecule has 1 saturated carbocycles. The first-order chi connectivity index (χ1) is 8.08. The number of hydrogen-bond acceptors (Lipinski definition) is 3. The molecule has 1 aliphatic carbocycles. The van der Waals surface area contributed by atoms with Gasteiger partial charge in [-0.15, -0.1) is 0 Å². The number of unbranched alkanes of at least 4 members (excludes halogenated alkanes) is 1. The zero-order valence-corrected chi connectivity index (χ0v) is 10.5. The van der Waals surface area contributed by atoms with E-state index in [0.29, 0.717) is 6.61 Å². The molecule has 0 aromatic rings. The highest BCUT2D eigenvalue weighted by molar-refractivity contribution is 5.73. The van der Waals surface area contributed by atoms with Gasteiger partial charge < -0.3 is 9.84 Å². The number of esters is 1. The highest BCUT2D eigenvalue weighted by Gasteiger charge is 2.38. The van der Waals surface area contributed by atoms with E-state index in [1.54, 1.807) is 0 Å². The van der Waals surface area contributed by atoms with Crippen molar-refractivity contribution in [2.24, 2.45) is 5.41 Å². The Bertz CT molecular complexity index is 267. The minimum atomic E-state index is -0.812. The number of carbonyl (C=O) groups excluding carboxylic acids is 1. The summed E-state index contributed by atoms with van der Waals surface area (Å²) in [6.45, 7) is 2.50. The average Bonchev–Trinajstić information content (AvgIpc) is 2.65. The molecule has 0 aliphatic heterocycles. The average molecular weight is 242 g/mol. The molecule has 4 heteroatoms. The monoisotopic (exact) mass is 242 g/mol. The van der Waals surface area contributed by atoms with Crippen LogP contribution in [0.1, 0.15) is 58.3 Å². The van der Waals surface area contributed by atoms with Crippen LogP contribution < -0.4 is 0 Å². The van der Waals surface area contributed by atoms with Gasteiger partial charge in [0.05, 0.1) is 19.4 Å². The maximum atomic E-state index is 11.6. The summed E-state index contributed by atoms with van der Waals surface area (Å²) in [4.78, 5) is 22.5. The van der Waals surface area contributed by atoms with E-state index in [1.165, 1.54) is 0 Å². The van der Waals surface area contributed by atoms with Crippen LogP contribution in [-0.4, -0.2) is 23.7 Å². The number of aliphatic carboxylic acids is 1. The molecule has 17 heavy (non-hydrogen) atoms. The van der Waals surface area contributed by atoms with E-state index in [1.807, 2.05) is 6.92 Å². The Kier molecular flexibility index (Phi) is 5.45. The molecule has 0 saturated heterocycles. The predicted molar refractivity (Wildman–Crippen MR) is 63.6 cm³/mol. The van der Waals surface area contributed by atoms with Gasteiger partial charge in [-0.05, 0) is 24.7 Å². The highest BCUT2D eigenvalue weighted by Crippen LogP contribution is 2.44. The van der Waals surface area contributed by atoms with Gasteiger partial charge in [0.25, 0.3) is 0 Å². The smallest absolute Gasteiger partial charge is 0.306 e. The lowest BCUT2D eigenvalue weighted by atomic mass is 9.79. The van der Waals surface area contributed by atoms with Crippen LogP contribution >= 0.6 is 0 Å². The van der Waals surface area contributed by atoms with Crippen molar-refractivity contribution in [3.05, 3.63) is 0 Å². The molecule has 1 N–H and O–H groups in total. The van der Waals surface area contributed by atoms with Gasteiger partial charge in [0.15, 0.2) is 0 Å². The molecule has 98 valence electrons. The Morgan fingerprint density at radius 2 is 1.88 bits per heavy atom. The van der Waals surface area contributed by atoms with E-state index >= 15 is 0 Å². The minimum Gasteiger partial charge on any atom is -0.481 e. The van der Waals surface area contributed by atoms with E-state index in [9.17, 15) is 9.59 Å². The summed E-state index contributed by atoms with van der Waals surface area (Å²) in [5.41, 5.74) is -0.338. The summed E-state index contributed by atoms with van der Waals surface area (Å²) in [6, 6.07) is 0. The lowest BCUT2D eigenvalue weighted by Crippen LogP contribution is -2.25. The van der Waals surface area contributed by atoms with E-state index < -0.39 is 5.97 Å². The summed E-state index contributed by atoms with van der Waals surface area (Å²) >= 11 is 0. The first kappa shape index (κ1) is 14.0. The van der Waals surface area contributed by atoms with Gasteiger partial charge in [0.2, 0.25) is 0 Å². The largest absolute Gasteiger partial charge is 0.481 e. The van der Waals surface area contributed by atoms with Crippen LogP contribution in [0.25, 0.3) is 0 Å². The Morgan fingerprint density at radius 3 is 2.41 bits per heavy atom. The fraction of sp³-hybridized carbons (Fsp3) is 0.846. The SMILES string of the molecule is CCCCOC(=O)CC1(CC(=O)O)CCCC1. The van der Waals surface area contributed by atoms with E-state index in [2.05, 4.69) is 0 Å². The van der Waals surface area contributed by atoms with Crippen molar-refractivity contribution < 1.29 is 19.4 Å². The molecule has 0 bridgehead atoms. The van der Waals surface area contributed by atoms with E-state index in [-0.39, 0.29) is 24.2 Å². The predicted octanol–water partition coefficient (Wildman–Crippen LogP) is 2.75. The van der Waals surface area contributed by atoms with Gasteiger partial charge >= 0.3 is 11.9 Å². The fourth-order valence-electron chi connectivity index (χ4n) is 2.55. The third kappa shape index (κ3) is 4.75. The van der Waals surface area contributed by atoms with Crippen LogP contribution in [-0.2, 0) is 14.3 Å². The highest BCUT2D eigenvalue weighted by atomic mass is 16.5. The van der Waals surface area contributed by atoms with Crippen molar-refractivity contribution >= 4 is 11.9 Å². The quantitative estimate of drug-likeness (QED) is 0.550. The molecule has 0 aromatic carbocycles. The van der Waals surface area contributed by atoms with Crippen LogP contribution in [0.4, 0.5) is 0 Å². The first-order valence-corrected chi connectivity index (χ1v) is 6.45. The third-order valence-electron chi connectivity index (χ3n) is 3.47. The Hall–Kier alpha value is -1.06. The van der Waals surface area contributed by atoms with Crippen LogP contribution in [0.5, 0.6) is 0 Å². The number of hydrogen-bond donors (Lipinski definition) is 1. The summed E-state index contributed by atoms with van der Waals surface area (Å²) in [7, 11) is 0. The second-order valence-corrected chi connectivity index (χ2v) is 5.03. The molecule has 0 aromatic heterocycles. The lowest BCUT2D eigenvalue weighted by Gasteiger charge is -2.25. The Morgan fingerprint density at radius 1 is 1.24 bits per heavy atom. The zero-order chi connectivity index (χ0) is 12.7. The van der Waals surface area contributed by atoms with Crippen molar-refractivity contribution in [1.82, 2.24) is 0 Å².